The summed E-state index contributed by atoms with van der Waals surface area (Å²) < 4.78 is 68.0. The van der Waals surface area contributed by atoms with E-state index in [-0.39, 0.29) is 17.0 Å². The van der Waals surface area contributed by atoms with Crippen molar-refractivity contribution in [2.24, 2.45) is 0 Å². The van der Waals surface area contributed by atoms with Crippen molar-refractivity contribution in [3.63, 3.8) is 0 Å². The van der Waals surface area contributed by atoms with Gasteiger partial charge in [0.15, 0.2) is 0 Å². The lowest BCUT2D eigenvalue weighted by atomic mass is 10.1. The van der Waals surface area contributed by atoms with E-state index < -0.39 is 34.6 Å². The van der Waals surface area contributed by atoms with Crippen LogP contribution in [0.1, 0.15) is 16.7 Å². The smallest absolute Gasteiger partial charge is 0.405 e. The molecule has 0 unspecified atom stereocenters. The summed E-state index contributed by atoms with van der Waals surface area (Å²) in [5.41, 5.74) is 1.88. The van der Waals surface area contributed by atoms with Gasteiger partial charge in [-0.25, -0.2) is 8.42 Å². The van der Waals surface area contributed by atoms with Crippen LogP contribution in [0.15, 0.2) is 47.4 Å². The van der Waals surface area contributed by atoms with Gasteiger partial charge in [0.1, 0.15) is 5.75 Å². The van der Waals surface area contributed by atoms with Crippen LogP contribution in [0.4, 0.5) is 13.2 Å². The molecule has 0 bridgehead atoms. The van der Waals surface area contributed by atoms with Crippen molar-refractivity contribution in [2.45, 2.75) is 31.7 Å². The second-order valence-electron chi connectivity index (χ2n) is 6.91. The van der Waals surface area contributed by atoms with E-state index in [1.807, 2.05) is 6.92 Å². The second-order valence-corrected chi connectivity index (χ2v) is 8.96. The summed E-state index contributed by atoms with van der Waals surface area (Å²) in [5.74, 6) is -0.993. The van der Waals surface area contributed by atoms with Crippen LogP contribution in [-0.4, -0.2) is 50.5 Å². The summed E-state index contributed by atoms with van der Waals surface area (Å²) in [4.78, 5) is 13.7. The van der Waals surface area contributed by atoms with Crippen LogP contribution in [-0.2, 0) is 21.4 Å². The van der Waals surface area contributed by atoms with Crippen molar-refractivity contribution >= 4 is 15.9 Å². The molecule has 1 amide bonds. The Bertz CT molecular complexity index is 1020. The number of benzene rings is 2. The molecule has 2 aromatic rings. The summed E-state index contributed by atoms with van der Waals surface area (Å²) in [6.45, 7) is 3.00. The van der Waals surface area contributed by atoms with E-state index in [1.54, 1.807) is 13.0 Å². The lowest BCUT2D eigenvalue weighted by Gasteiger charge is -2.23. The number of nitrogens with zero attached hydrogens (tertiary/aromatic N) is 2. The van der Waals surface area contributed by atoms with Gasteiger partial charge in [-0.2, -0.15) is 4.31 Å². The summed E-state index contributed by atoms with van der Waals surface area (Å²) in [7, 11) is -1.25. The lowest BCUT2D eigenvalue weighted by molar-refractivity contribution is -0.275. The summed E-state index contributed by atoms with van der Waals surface area (Å²) in [6, 6.07) is 10.1. The molecule has 6 nitrogen and oxygen atoms in total. The fraction of sp³-hybridized carbons (Fsp3) is 0.350. The highest BCUT2D eigenvalue weighted by molar-refractivity contribution is 7.89. The molecule has 2 rings (SSSR count). The first kappa shape index (κ1) is 23.7. The highest BCUT2D eigenvalue weighted by Crippen LogP contribution is 2.27. The molecule has 2 aromatic carbocycles. The van der Waals surface area contributed by atoms with Gasteiger partial charge in [-0.1, -0.05) is 24.3 Å². The average molecular weight is 444 g/mol. The molecule has 0 aromatic heterocycles. The van der Waals surface area contributed by atoms with Gasteiger partial charge >= 0.3 is 6.36 Å². The Hall–Kier alpha value is -2.59. The summed E-state index contributed by atoms with van der Waals surface area (Å²) in [6.07, 6.45) is -4.86. The van der Waals surface area contributed by atoms with Crippen molar-refractivity contribution in [1.29, 1.82) is 0 Å². The minimum absolute atomic E-state index is 0.0625. The first-order valence-electron chi connectivity index (χ1n) is 8.92. The third-order valence-electron chi connectivity index (χ3n) is 4.58. The van der Waals surface area contributed by atoms with Gasteiger partial charge < -0.3 is 9.64 Å². The number of halogens is 3. The molecule has 0 saturated carbocycles. The normalized spacial score (nSPS) is 12.1. The summed E-state index contributed by atoms with van der Waals surface area (Å²) >= 11 is 0. The highest BCUT2D eigenvalue weighted by atomic mass is 32.2. The fourth-order valence-electron chi connectivity index (χ4n) is 2.65. The Kier molecular flexibility index (Phi) is 7.14. The van der Waals surface area contributed by atoms with Gasteiger partial charge in [-0.05, 0) is 43.2 Å². The molecule has 0 spiro atoms. The van der Waals surface area contributed by atoms with E-state index in [0.717, 1.165) is 26.4 Å². The van der Waals surface area contributed by atoms with Crippen LogP contribution in [0, 0.1) is 13.8 Å². The Morgan fingerprint density at radius 2 is 1.67 bits per heavy atom. The van der Waals surface area contributed by atoms with Crippen molar-refractivity contribution in [3.8, 4) is 5.75 Å². The topological polar surface area (TPSA) is 66.9 Å². The molecule has 0 N–H and O–H groups in total. The Morgan fingerprint density at radius 3 is 2.27 bits per heavy atom. The number of hydrogen-bond donors (Lipinski definition) is 0. The molecule has 0 fully saturated rings. The number of rotatable bonds is 7. The van der Waals surface area contributed by atoms with Crippen molar-refractivity contribution < 1.29 is 31.1 Å². The first-order valence-corrected chi connectivity index (χ1v) is 10.4. The Morgan fingerprint density at radius 1 is 1.03 bits per heavy atom. The molecule has 0 saturated heterocycles. The average Bonchev–Trinajstić information content (AvgIpc) is 2.64. The first-order chi connectivity index (χ1) is 13.8. The number of para-hydroxylation sites is 1. The molecule has 0 aliphatic carbocycles. The van der Waals surface area contributed by atoms with Gasteiger partial charge in [0, 0.05) is 26.2 Å². The maximum atomic E-state index is 12.7. The fourth-order valence-corrected chi connectivity index (χ4v) is 3.86. The monoisotopic (exact) mass is 444 g/mol. The van der Waals surface area contributed by atoms with Crippen LogP contribution in [0.2, 0.25) is 0 Å². The summed E-state index contributed by atoms with van der Waals surface area (Å²) in [5, 5.41) is 0. The number of amides is 1. The number of ether oxygens (including phenoxy) is 1. The molecular formula is C20H23F3N2O4S. The van der Waals surface area contributed by atoms with Crippen molar-refractivity contribution in [3.05, 3.63) is 59.2 Å². The largest absolute Gasteiger partial charge is 0.573 e. The van der Waals surface area contributed by atoms with Crippen LogP contribution < -0.4 is 4.74 Å². The highest BCUT2D eigenvalue weighted by Gasteiger charge is 2.32. The SMILES string of the molecule is Cc1ccc(S(=O)(=O)N(C)CC(=O)N(C)Cc2ccccc2OC(F)(F)F)cc1C. The Balaban J connectivity index is 2.11. The van der Waals surface area contributed by atoms with Gasteiger partial charge in [-0.15, -0.1) is 13.2 Å². The van der Waals surface area contributed by atoms with E-state index in [1.165, 1.54) is 44.4 Å². The van der Waals surface area contributed by atoms with Crippen LogP contribution >= 0.6 is 0 Å². The second kappa shape index (κ2) is 9.05. The zero-order chi connectivity index (χ0) is 22.7. The third-order valence-corrected chi connectivity index (χ3v) is 6.38. The van der Waals surface area contributed by atoms with E-state index in [2.05, 4.69) is 4.74 Å². The minimum Gasteiger partial charge on any atom is -0.405 e. The number of carbonyl (C=O) groups is 1. The number of carbonyl (C=O) groups excluding carboxylic acids is 1. The number of alkyl halides is 3. The number of aryl methyl sites for hydroxylation is 2. The van der Waals surface area contributed by atoms with E-state index >= 15 is 0 Å². The van der Waals surface area contributed by atoms with E-state index in [9.17, 15) is 26.4 Å². The van der Waals surface area contributed by atoms with Crippen LogP contribution in [0.3, 0.4) is 0 Å². The van der Waals surface area contributed by atoms with Crippen molar-refractivity contribution in [1.82, 2.24) is 9.21 Å². The van der Waals surface area contributed by atoms with Crippen LogP contribution in [0.25, 0.3) is 0 Å². The zero-order valence-corrected chi connectivity index (χ0v) is 17.8. The third kappa shape index (κ3) is 5.96. The van der Waals surface area contributed by atoms with Gasteiger partial charge in [0.25, 0.3) is 0 Å². The standard InChI is InChI=1S/C20H23F3N2O4S/c1-14-9-10-17(11-15(14)2)30(27,28)25(4)13-19(26)24(3)12-16-7-5-6-8-18(16)29-20(21,22)23/h5-11H,12-13H2,1-4H3. The predicted octanol–water partition coefficient (Wildman–Crippen LogP) is 3.48. The molecule has 0 aliphatic rings. The van der Waals surface area contributed by atoms with Gasteiger partial charge in [0.2, 0.25) is 15.9 Å². The van der Waals surface area contributed by atoms with Crippen molar-refractivity contribution in [2.75, 3.05) is 20.6 Å². The Labute approximate surface area is 173 Å². The number of sulfonamides is 1. The van der Waals surface area contributed by atoms with E-state index in [4.69, 9.17) is 0 Å². The van der Waals surface area contributed by atoms with E-state index in [0.29, 0.717) is 0 Å². The molecule has 0 aliphatic heterocycles. The molecular weight excluding hydrogens is 421 g/mol. The quantitative estimate of drug-likeness (QED) is 0.656. The molecule has 30 heavy (non-hydrogen) atoms. The molecule has 10 heteroatoms. The zero-order valence-electron chi connectivity index (χ0n) is 17.0. The molecule has 0 atom stereocenters. The van der Waals surface area contributed by atoms with Gasteiger partial charge in [0.05, 0.1) is 11.4 Å². The minimum atomic E-state index is -4.86. The lowest BCUT2D eigenvalue weighted by Crippen LogP contribution is -2.39. The molecule has 0 heterocycles. The molecule has 164 valence electrons. The number of hydrogen-bond acceptors (Lipinski definition) is 4. The predicted molar refractivity (Wildman–Crippen MR) is 105 cm³/mol. The maximum absolute atomic E-state index is 12.7. The number of likely N-dealkylation sites (N-methyl/N-ethyl adjacent to an activating group) is 2. The molecule has 0 radical (unpaired) electrons. The maximum Gasteiger partial charge on any atom is 0.573 e. The van der Waals surface area contributed by atoms with Crippen LogP contribution in [0.5, 0.6) is 5.75 Å². The van der Waals surface area contributed by atoms with Gasteiger partial charge in [-0.3, -0.25) is 4.79 Å².